The van der Waals surface area contributed by atoms with E-state index in [0.29, 0.717) is 25.8 Å². The van der Waals surface area contributed by atoms with Gasteiger partial charge < -0.3 is 20.1 Å². The SMILES string of the molecule is CCC(C)NC(=O)CCNC(=O)CCc1cc(OC)ccc1OC. The van der Waals surface area contributed by atoms with E-state index in [0.717, 1.165) is 23.5 Å². The van der Waals surface area contributed by atoms with Gasteiger partial charge in [0.2, 0.25) is 11.8 Å². The first kappa shape index (κ1) is 19.8. The first-order valence-electron chi connectivity index (χ1n) is 8.27. The molecule has 0 spiro atoms. The molecule has 1 unspecified atom stereocenters. The normalized spacial score (nSPS) is 11.5. The number of ether oxygens (including phenoxy) is 2. The number of benzene rings is 1. The summed E-state index contributed by atoms with van der Waals surface area (Å²) in [5.41, 5.74) is 0.918. The zero-order valence-electron chi connectivity index (χ0n) is 15.0. The predicted octanol–water partition coefficient (Wildman–Crippen LogP) is 2.06. The molecule has 0 aliphatic carbocycles. The van der Waals surface area contributed by atoms with Crippen LogP contribution < -0.4 is 20.1 Å². The second-order valence-corrected chi connectivity index (χ2v) is 5.65. The largest absolute Gasteiger partial charge is 0.497 e. The van der Waals surface area contributed by atoms with E-state index >= 15 is 0 Å². The fourth-order valence-electron chi connectivity index (χ4n) is 2.18. The Morgan fingerprint density at radius 1 is 1.12 bits per heavy atom. The standard InChI is InChI=1S/C18H28N2O4/c1-5-13(2)20-18(22)10-11-19-17(21)9-6-14-12-15(23-3)7-8-16(14)24-4/h7-8,12-13H,5-6,9-11H2,1-4H3,(H,19,21)(H,20,22). The van der Waals surface area contributed by atoms with Crippen LogP contribution >= 0.6 is 0 Å². The van der Waals surface area contributed by atoms with E-state index in [2.05, 4.69) is 10.6 Å². The van der Waals surface area contributed by atoms with Crippen molar-refractivity contribution in [2.75, 3.05) is 20.8 Å². The molecule has 1 rings (SSSR count). The maximum absolute atomic E-state index is 11.9. The van der Waals surface area contributed by atoms with Crippen molar-refractivity contribution in [2.24, 2.45) is 0 Å². The average Bonchev–Trinajstić information content (AvgIpc) is 2.59. The lowest BCUT2D eigenvalue weighted by Gasteiger charge is -2.12. The van der Waals surface area contributed by atoms with Gasteiger partial charge in [0.15, 0.2) is 0 Å². The van der Waals surface area contributed by atoms with Crippen molar-refractivity contribution in [2.45, 2.75) is 45.6 Å². The lowest BCUT2D eigenvalue weighted by molar-refractivity contribution is -0.122. The Morgan fingerprint density at radius 3 is 2.50 bits per heavy atom. The Bertz CT molecular complexity index is 546. The van der Waals surface area contributed by atoms with E-state index in [4.69, 9.17) is 9.47 Å². The molecule has 0 fully saturated rings. The molecule has 2 amide bonds. The van der Waals surface area contributed by atoms with Crippen molar-refractivity contribution in [1.82, 2.24) is 10.6 Å². The van der Waals surface area contributed by atoms with Crippen LogP contribution in [0, 0.1) is 0 Å². The molecule has 6 nitrogen and oxygen atoms in total. The van der Waals surface area contributed by atoms with Crippen LogP contribution in [0.5, 0.6) is 11.5 Å². The van der Waals surface area contributed by atoms with Gasteiger partial charge in [-0.3, -0.25) is 9.59 Å². The van der Waals surface area contributed by atoms with Gasteiger partial charge in [-0.25, -0.2) is 0 Å². The number of amides is 2. The molecule has 24 heavy (non-hydrogen) atoms. The highest BCUT2D eigenvalue weighted by atomic mass is 16.5. The van der Waals surface area contributed by atoms with Gasteiger partial charge in [0.05, 0.1) is 14.2 Å². The monoisotopic (exact) mass is 336 g/mol. The van der Waals surface area contributed by atoms with Gasteiger partial charge >= 0.3 is 0 Å². The molecule has 0 saturated carbocycles. The molecule has 2 N–H and O–H groups in total. The van der Waals surface area contributed by atoms with Gasteiger partial charge in [-0.1, -0.05) is 6.92 Å². The van der Waals surface area contributed by atoms with Crippen molar-refractivity contribution in [3.63, 3.8) is 0 Å². The number of carbonyl (C=O) groups is 2. The second kappa shape index (κ2) is 10.5. The number of hydrogen-bond acceptors (Lipinski definition) is 4. The molecule has 1 aromatic carbocycles. The van der Waals surface area contributed by atoms with E-state index in [1.807, 2.05) is 32.0 Å². The number of aryl methyl sites for hydroxylation is 1. The summed E-state index contributed by atoms with van der Waals surface area (Å²) in [4.78, 5) is 23.5. The van der Waals surface area contributed by atoms with Gasteiger partial charge in [0, 0.05) is 25.4 Å². The smallest absolute Gasteiger partial charge is 0.221 e. The molecule has 1 atom stereocenters. The summed E-state index contributed by atoms with van der Waals surface area (Å²) in [5.74, 6) is 1.33. The van der Waals surface area contributed by atoms with Gasteiger partial charge in [-0.15, -0.1) is 0 Å². The first-order valence-corrected chi connectivity index (χ1v) is 8.27. The molecule has 6 heteroatoms. The summed E-state index contributed by atoms with van der Waals surface area (Å²) in [6, 6.07) is 5.67. The van der Waals surface area contributed by atoms with Crippen molar-refractivity contribution in [3.8, 4) is 11.5 Å². The molecule has 0 bridgehead atoms. The molecule has 1 aromatic rings. The van der Waals surface area contributed by atoms with Crippen molar-refractivity contribution >= 4 is 11.8 Å². The molecular formula is C18H28N2O4. The minimum atomic E-state index is -0.0868. The predicted molar refractivity (Wildman–Crippen MR) is 93.4 cm³/mol. The number of hydrogen-bond donors (Lipinski definition) is 2. The molecule has 134 valence electrons. The fourth-order valence-corrected chi connectivity index (χ4v) is 2.18. The Morgan fingerprint density at radius 2 is 1.88 bits per heavy atom. The van der Waals surface area contributed by atoms with Crippen LogP contribution in [0.1, 0.15) is 38.7 Å². The lowest BCUT2D eigenvalue weighted by atomic mass is 10.1. The van der Waals surface area contributed by atoms with Crippen molar-refractivity contribution < 1.29 is 19.1 Å². The summed E-state index contributed by atoms with van der Waals surface area (Å²) in [7, 11) is 3.20. The quantitative estimate of drug-likeness (QED) is 0.686. The summed E-state index contributed by atoms with van der Waals surface area (Å²) in [6.07, 6.45) is 2.06. The van der Waals surface area contributed by atoms with Gasteiger partial charge in [-0.05, 0) is 43.5 Å². The highest BCUT2D eigenvalue weighted by Crippen LogP contribution is 2.24. The Balaban J connectivity index is 2.37. The van der Waals surface area contributed by atoms with Crippen molar-refractivity contribution in [1.29, 1.82) is 0 Å². The van der Waals surface area contributed by atoms with E-state index in [9.17, 15) is 9.59 Å². The van der Waals surface area contributed by atoms with E-state index in [-0.39, 0.29) is 17.9 Å². The zero-order valence-corrected chi connectivity index (χ0v) is 15.0. The van der Waals surface area contributed by atoms with E-state index in [1.165, 1.54) is 0 Å². The Labute approximate surface area is 143 Å². The summed E-state index contributed by atoms with van der Waals surface area (Å²) >= 11 is 0. The number of nitrogens with one attached hydrogen (secondary N) is 2. The maximum Gasteiger partial charge on any atom is 0.221 e. The summed E-state index contributed by atoms with van der Waals surface area (Å²) < 4.78 is 10.5. The van der Waals surface area contributed by atoms with Crippen LogP contribution in [0.15, 0.2) is 18.2 Å². The van der Waals surface area contributed by atoms with Crippen LogP contribution in [0.3, 0.4) is 0 Å². The molecule has 0 saturated heterocycles. The summed E-state index contributed by atoms with van der Waals surface area (Å²) in [6.45, 7) is 4.31. The third-order valence-electron chi connectivity index (χ3n) is 3.80. The summed E-state index contributed by atoms with van der Waals surface area (Å²) in [5, 5.41) is 5.64. The topological polar surface area (TPSA) is 76.7 Å². The Kier molecular flexibility index (Phi) is 8.68. The van der Waals surface area contributed by atoms with Crippen molar-refractivity contribution in [3.05, 3.63) is 23.8 Å². The van der Waals surface area contributed by atoms with Crippen LogP contribution in [-0.4, -0.2) is 38.6 Å². The van der Waals surface area contributed by atoms with E-state index in [1.54, 1.807) is 14.2 Å². The Hall–Kier alpha value is -2.24. The van der Waals surface area contributed by atoms with Crippen LogP contribution in [-0.2, 0) is 16.0 Å². The molecule has 0 aliphatic heterocycles. The number of methoxy groups -OCH3 is 2. The van der Waals surface area contributed by atoms with Gasteiger partial charge in [-0.2, -0.15) is 0 Å². The molecule has 0 aromatic heterocycles. The number of rotatable bonds is 10. The molecule has 0 heterocycles. The average molecular weight is 336 g/mol. The van der Waals surface area contributed by atoms with Gasteiger partial charge in [0.25, 0.3) is 0 Å². The molecule has 0 aliphatic rings. The van der Waals surface area contributed by atoms with Crippen LogP contribution in [0.25, 0.3) is 0 Å². The highest BCUT2D eigenvalue weighted by molar-refractivity contribution is 5.79. The number of carbonyl (C=O) groups excluding carboxylic acids is 2. The minimum Gasteiger partial charge on any atom is -0.497 e. The third-order valence-corrected chi connectivity index (χ3v) is 3.80. The highest BCUT2D eigenvalue weighted by Gasteiger charge is 2.09. The minimum absolute atomic E-state index is 0.0425. The third kappa shape index (κ3) is 6.89. The molecule has 0 radical (unpaired) electrons. The first-order chi connectivity index (χ1) is 11.5. The van der Waals surface area contributed by atoms with Crippen LogP contribution in [0.4, 0.5) is 0 Å². The van der Waals surface area contributed by atoms with E-state index < -0.39 is 0 Å². The maximum atomic E-state index is 11.9. The second-order valence-electron chi connectivity index (χ2n) is 5.65. The van der Waals surface area contributed by atoms with Crippen LogP contribution in [0.2, 0.25) is 0 Å². The lowest BCUT2D eigenvalue weighted by Crippen LogP contribution is -2.35. The zero-order chi connectivity index (χ0) is 17.9. The molecular weight excluding hydrogens is 308 g/mol. The van der Waals surface area contributed by atoms with Gasteiger partial charge in [0.1, 0.15) is 11.5 Å². The fraction of sp³-hybridized carbons (Fsp3) is 0.556.